The Hall–Kier alpha value is -1.76. The summed E-state index contributed by atoms with van der Waals surface area (Å²) in [6.07, 6.45) is 14.0. The van der Waals surface area contributed by atoms with E-state index in [4.69, 9.17) is 9.84 Å². The Morgan fingerprint density at radius 1 is 1.29 bits per heavy atom. The third-order valence-corrected chi connectivity index (χ3v) is 6.85. The van der Waals surface area contributed by atoms with Crippen LogP contribution in [0.15, 0.2) is 42.3 Å². The van der Waals surface area contributed by atoms with Gasteiger partial charge in [-0.25, -0.2) is 0 Å². The van der Waals surface area contributed by atoms with E-state index in [1.165, 1.54) is 25.0 Å². The van der Waals surface area contributed by atoms with Gasteiger partial charge in [0.25, 0.3) is 0 Å². The van der Waals surface area contributed by atoms with E-state index >= 15 is 0 Å². The SMILES string of the molecule is CCCC(O)C1(c2ncccc2OCCCC(=O)O)C=CC(N2[C@H](C)CCC[C@@H]2C)=CC1.Cl.Cl. The molecule has 0 bridgehead atoms. The number of allylic oxidation sites excluding steroid dienone is 2. The van der Waals surface area contributed by atoms with Gasteiger partial charge in [0.15, 0.2) is 0 Å². The fraction of sp³-hybridized carbons (Fsp3) is 0.615. The maximum atomic E-state index is 11.3. The molecule has 0 saturated carbocycles. The lowest BCUT2D eigenvalue weighted by molar-refractivity contribution is -0.137. The third kappa shape index (κ3) is 6.89. The topological polar surface area (TPSA) is 82.9 Å². The van der Waals surface area contributed by atoms with Crippen LogP contribution in [0.3, 0.4) is 0 Å². The van der Waals surface area contributed by atoms with Crippen molar-refractivity contribution < 1.29 is 19.7 Å². The molecule has 34 heavy (non-hydrogen) atoms. The molecule has 2 heterocycles. The first-order valence-corrected chi connectivity index (χ1v) is 12.0. The Labute approximate surface area is 216 Å². The van der Waals surface area contributed by atoms with Gasteiger partial charge in [-0.15, -0.1) is 24.8 Å². The minimum atomic E-state index is -0.830. The van der Waals surface area contributed by atoms with Crippen LogP contribution in [-0.2, 0) is 10.2 Å². The lowest BCUT2D eigenvalue weighted by atomic mass is 9.71. The number of likely N-dealkylation sites (tertiary alicyclic amines) is 1. The van der Waals surface area contributed by atoms with Gasteiger partial charge in [-0.05, 0) is 70.6 Å². The first-order chi connectivity index (χ1) is 15.4. The van der Waals surface area contributed by atoms with Crippen LogP contribution in [0.1, 0.15) is 77.8 Å². The van der Waals surface area contributed by atoms with Crippen molar-refractivity contribution in [2.45, 2.75) is 95.7 Å². The molecule has 2 aliphatic rings. The Balaban J connectivity index is 0.00000289. The number of rotatable bonds is 10. The summed E-state index contributed by atoms with van der Waals surface area (Å²) in [4.78, 5) is 18.0. The average molecular weight is 516 g/mol. The van der Waals surface area contributed by atoms with Crippen LogP contribution in [0, 0.1) is 0 Å². The molecule has 1 fully saturated rings. The van der Waals surface area contributed by atoms with Gasteiger partial charge in [0, 0.05) is 30.4 Å². The quantitative estimate of drug-likeness (QED) is 0.391. The maximum Gasteiger partial charge on any atom is 0.303 e. The number of aliphatic hydroxyl groups is 1. The fourth-order valence-electron chi connectivity index (χ4n) is 5.14. The summed E-state index contributed by atoms with van der Waals surface area (Å²) in [5, 5.41) is 20.2. The third-order valence-electron chi connectivity index (χ3n) is 6.85. The van der Waals surface area contributed by atoms with Crippen LogP contribution in [0.25, 0.3) is 0 Å². The van der Waals surface area contributed by atoms with Gasteiger partial charge in [-0.3, -0.25) is 9.78 Å². The van der Waals surface area contributed by atoms with Crippen LogP contribution >= 0.6 is 24.8 Å². The van der Waals surface area contributed by atoms with E-state index in [1.54, 1.807) is 6.20 Å². The van der Waals surface area contributed by atoms with Gasteiger partial charge in [-0.1, -0.05) is 25.5 Å². The Bertz CT molecular complexity index is 838. The summed E-state index contributed by atoms with van der Waals surface area (Å²) < 4.78 is 5.97. The zero-order valence-corrected chi connectivity index (χ0v) is 22.1. The number of aliphatic carboxylic acids is 1. The van der Waals surface area contributed by atoms with E-state index < -0.39 is 17.5 Å². The number of nitrogens with zero attached hydrogens (tertiary/aromatic N) is 2. The van der Waals surface area contributed by atoms with E-state index in [2.05, 4.69) is 48.9 Å². The summed E-state index contributed by atoms with van der Waals surface area (Å²) >= 11 is 0. The molecule has 1 aromatic heterocycles. The van der Waals surface area contributed by atoms with Crippen molar-refractivity contribution in [2.75, 3.05) is 6.61 Å². The molecule has 0 radical (unpaired) electrons. The lowest BCUT2D eigenvalue weighted by Crippen LogP contribution is -2.45. The summed E-state index contributed by atoms with van der Waals surface area (Å²) in [6.45, 7) is 6.96. The van der Waals surface area contributed by atoms with Crippen LogP contribution in [0.2, 0.25) is 0 Å². The number of piperidine rings is 1. The number of carbonyl (C=O) groups is 1. The molecule has 8 heteroatoms. The minimum absolute atomic E-state index is 0. The highest BCUT2D eigenvalue weighted by atomic mass is 35.5. The van der Waals surface area contributed by atoms with E-state index in [0.29, 0.717) is 43.7 Å². The van der Waals surface area contributed by atoms with E-state index in [-0.39, 0.29) is 31.2 Å². The van der Waals surface area contributed by atoms with Crippen molar-refractivity contribution in [3.8, 4) is 5.75 Å². The van der Waals surface area contributed by atoms with Gasteiger partial charge >= 0.3 is 5.97 Å². The van der Waals surface area contributed by atoms with Crippen molar-refractivity contribution >= 4 is 30.8 Å². The van der Waals surface area contributed by atoms with Crippen LogP contribution in [0.4, 0.5) is 0 Å². The van der Waals surface area contributed by atoms with Crippen molar-refractivity contribution in [1.29, 1.82) is 0 Å². The predicted octanol–water partition coefficient (Wildman–Crippen LogP) is 5.67. The smallest absolute Gasteiger partial charge is 0.303 e. The predicted molar refractivity (Wildman–Crippen MR) is 140 cm³/mol. The van der Waals surface area contributed by atoms with Crippen LogP contribution < -0.4 is 4.74 Å². The Morgan fingerprint density at radius 2 is 2.00 bits per heavy atom. The number of ether oxygens (including phenoxy) is 1. The lowest BCUT2D eigenvalue weighted by Gasteiger charge is -2.44. The number of aromatic nitrogens is 1. The normalized spacial score (nSPS) is 24.9. The molecule has 6 nitrogen and oxygen atoms in total. The number of carboxylic acid groups (broad SMARTS) is 1. The second-order valence-electron chi connectivity index (χ2n) is 9.24. The summed E-state index contributed by atoms with van der Waals surface area (Å²) in [6, 6.07) is 4.70. The van der Waals surface area contributed by atoms with Gasteiger partial charge in [-0.2, -0.15) is 0 Å². The van der Waals surface area contributed by atoms with Crippen LogP contribution in [0.5, 0.6) is 5.75 Å². The monoisotopic (exact) mass is 514 g/mol. The minimum Gasteiger partial charge on any atom is -0.492 e. The molecule has 1 saturated heterocycles. The summed E-state index contributed by atoms with van der Waals surface area (Å²) in [7, 11) is 0. The molecule has 2 N–H and O–H groups in total. The van der Waals surface area contributed by atoms with Gasteiger partial charge in [0.05, 0.1) is 23.8 Å². The van der Waals surface area contributed by atoms with Crippen molar-refractivity contribution in [3.05, 3.63) is 47.9 Å². The fourth-order valence-corrected chi connectivity index (χ4v) is 5.14. The first kappa shape index (κ1) is 30.3. The number of hydrogen-bond donors (Lipinski definition) is 2. The molecule has 1 aliphatic carbocycles. The summed E-state index contributed by atoms with van der Waals surface area (Å²) in [5.74, 6) is -0.210. The summed E-state index contributed by atoms with van der Waals surface area (Å²) in [5.41, 5.74) is 1.29. The molecule has 0 amide bonds. The molecule has 4 atom stereocenters. The zero-order chi connectivity index (χ0) is 23.1. The highest BCUT2D eigenvalue weighted by Crippen LogP contribution is 2.43. The average Bonchev–Trinajstić information content (AvgIpc) is 2.77. The van der Waals surface area contributed by atoms with E-state index in [9.17, 15) is 9.90 Å². The van der Waals surface area contributed by atoms with E-state index in [1.807, 2.05) is 12.1 Å². The van der Waals surface area contributed by atoms with Gasteiger partial charge in [0.2, 0.25) is 0 Å². The van der Waals surface area contributed by atoms with E-state index in [0.717, 1.165) is 12.1 Å². The maximum absolute atomic E-state index is 11.3. The molecule has 0 spiro atoms. The molecule has 192 valence electrons. The molecule has 3 rings (SSSR count). The Kier molecular flexibility index (Phi) is 12.4. The molecular formula is C26H40Cl2N2O4. The molecular weight excluding hydrogens is 475 g/mol. The molecule has 1 aliphatic heterocycles. The van der Waals surface area contributed by atoms with Gasteiger partial charge in [0.1, 0.15) is 5.75 Å². The second-order valence-corrected chi connectivity index (χ2v) is 9.24. The molecule has 0 aromatic carbocycles. The Morgan fingerprint density at radius 3 is 2.59 bits per heavy atom. The number of carboxylic acids is 1. The number of pyridine rings is 1. The second kappa shape index (κ2) is 14.0. The molecule has 1 aromatic rings. The first-order valence-electron chi connectivity index (χ1n) is 12.0. The number of aliphatic hydroxyl groups excluding tert-OH is 1. The standard InChI is InChI=1S/C26H38N2O4.2ClH/c1-4-8-23(29)26(25-22(11-6-17-27-25)32-18-7-12-24(30)31)15-13-21(14-16-26)28-19(2)9-5-10-20(28)3;;/h6,11,13-15,17,19-20,23,29H,4-5,7-10,12,16,18H2,1-3H3,(H,30,31);2*1H/t19-,20+,23?,26?;;. The van der Waals surface area contributed by atoms with Crippen molar-refractivity contribution in [2.24, 2.45) is 0 Å². The van der Waals surface area contributed by atoms with Crippen molar-refractivity contribution in [1.82, 2.24) is 9.88 Å². The zero-order valence-electron chi connectivity index (χ0n) is 20.5. The van der Waals surface area contributed by atoms with Gasteiger partial charge < -0.3 is 19.8 Å². The van der Waals surface area contributed by atoms with Crippen molar-refractivity contribution in [3.63, 3.8) is 0 Å². The number of hydrogen-bond acceptors (Lipinski definition) is 5. The van der Waals surface area contributed by atoms with Crippen LogP contribution in [-0.4, -0.2) is 50.9 Å². The number of halogens is 2. The highest BCUT2D eigenvalue weighted by molar-refractivity contribution is 5.85. The highest BCUT2D eigenvalue weighted by Gasteiger charge is 2.42. The largest absolute Gasteiger partial charge is 0.492 e. The molecule has 2 unspecified atom stereocenters.